The molecule has 1 heterocycles. The highest BCUT2D eigenvalue weighted by atomic mass is 19.4. The van der Waals surface area contributed by atoms with Crippen molar-refractivity contribution in [1.29, 1.82) is 0 Å². The summed E-state index contributed by atoms with van der Waals surface area (Å²) < 4.78 is 50.7. The van der Waals surface area contributed by atoms with Gasteiger partial charge in [0, 0.05) is 25.6 Å². The maximum atomic E-state index is 13.2. The summed E-state index contributed by atoms with van der Waals surface area (Å²) in [6.07, 6.45) is -3.40. The van der Waals surface area contributed by atoms with Crippen molar-refractivity contribution >= 4 is 5.91 Å². The number of halogens is 4. The van der Waals surface area contributed by atoms with Crippen LogP contribution in [0.2, 0.25) is 0 Å². The fraction of sp³-hybridized carbons (Fsp3) is 0.462. The van der Waals surface area contributed by atoms with Gasteiger partial charge in [-0.3, -0.25) is 4.79 Å². The van der Waals surface area contributed by atoms with Crippen molar-refractivity contribution in [3.63, 3.8) is 0 Å². The number of carbonyl (C=O) groups is 1. The molecular formula is C13H14F4N2O. The van der Waals surface area contributed by atoms with Crippen molar-refractivity contribution < 1.29 is 22.4 Å². The fourth-order valence-electron chi connectivity index (χ4n) is 2.14. The van der Waals surface area contributed by atoms with E-state index in [9.17, 15) is 22.4 Å². The first kappa shape index (κ1) is 14.8. The summed E-state index contributed by atoms with van der Waals surface area (Å²) in [5, 5.41) is 5.65. The van der Waals surface area contributed by atoms with Gasteiger partial charge in [-0.2, -0.15) is 13.2 Å². The highest BCUT2D eigenvalue weighted by Crippen LogP contribution is 2.30. The molecule has 0 spiro atoms. The van der Waals surface area contributed by atoms with Gasteiger partial charge in [-0.05, 0) is 30.2 Å². The summed E-state index contributed by atoms with van der Waals surface area (Å²) in [4.78, 5) is 11.0. The first-order chi connectivity index (χ1) is 9.34. The van der Waals surface area contributed by atoms with Crippen molar-refractivity contribution in [3.8, 4) is 0 Å². The van der Waals surface area contributed by atoms with Crippen LogP contribution in [0.1, 0.15) is 24.0 Å². The summed E-state index contributed by atoms with van der Waals surface area (Å²) >= 11 is 0. The molecule has 0 aromatic heterocycles. The average Bonchev–Trinajstić information content (AvgIpc) is 2.73. The second-order valence-corrected chi connectivity index (χ2v) is 4.78. The third-order valence-corrected chi connectivity index (χ3v) is 3.09. The lowest BCUT2D eigenvalue weighted by Gasteiger charge is -2.13. The number of hydrogen-bond acceptors (Lipinski definition) is 2. The van der Waals surface area contributed by atoms with E-state index in [-0.39, 0.29) is 24.1 Å². The van der Waals surface area contributed by atoms with Gasteiger partial charge in [0.15, 0.2) is 0 Å². The summed E-state index contributed by atoms with van der Waals surface area (Å²) in [6.45, 7) is 0.566. The Hall–Kier alpha value is -1.63. The third-order valence-electron chi connectivity index (χ3n) is 3.09. The van der Waals surface area contributed by atoms with Crippen LogP contribution in [0, 0.1) is 5.82 Å². The summed E-state index contributed by atoms with van der Waals surface area (Å²) in [6, 6.07) is 2.44. The molecule has 1 atom stereocenters. The third kappa shape index (κ3) is 3.93. The number of rotatable bonds is 4. The molecule has 3 nitrogen and oxygen atoms in total. The van der Waals surface area contributed by atoms with Crippen LogP contribution < -0.4 is 10.6 Å². The molecule has 0 aliphatic carbocycles. The van der Waals surface area contributed by atoms with E-state index in [0.29, 0.717) is 25.5 Å². The van der Waals surface area contributed by atoms with E-state index in [1.165, 1.54) is 0 Å². The SMILES string of the molecule is O=C1CCC(CNCc2cc(F)cc(C(F)(F)F)c2)N1. The molecule has 2 N–H and O–H groups in total. The first-order valence-electron chi connectivity index (χ1n) is 6.21. The molecule has 110 valence electrons. The molecule has 1 aliphatic rings. The molecule has 1 saturated heterocycles. The maximum absolute atomic E-state index is 13.2. The highest BCUT2D eigenvalue weighted by Gasteiger charge is 2.31. The summed E-state index contributed by atoms with van der Waals surface area (Å²) in [5.74, 6) is -0.937. The molecular weight excluding hydrogens is 276 g/mol. The second-order valence-electron chi connectivity index (χ2n) is 4.78. The zero-order valence-electron chi connectivity index (χ0n) is 10.6. The van der Waals surface area contributed by atoms with Gasteiger partial charge in [-0.15, -0.1) is 0 Å². The maximum Gasteiger partial charge on any atom is 0.416 e. The van der Waals surface area contributed by atoms with Crippen LogP contribution in [0.4, 0.5) is 17.6 Å². The van der Waals surface area contributed by atoms with E-state index >= 15 is 0 Å². The molecule has 1 aromatic rings. The topological polar surface area (TPSA) is 41.1 Å². The first-order valence-corrected chi connectivity index (χ1v) is 6.21. The highest BCUT2D eigenvalue weighted by molar-refractivity contribution is 5.78. The van der Waals surface area contributed by atoms with Crippen molar-refractivity contribution in [1.82, 2.24) is 10.6 Å². The molecule has 1 amide bonds. The van der Waals surface area contributed by atoms with Crippen LogP contribution in [0.15, 0.2) is 18.2 Å². The van der Waals surface area contributed by atoms with E-state index in [2.05, 4.69) is 10.6 Å². The Balaban J connectivity index is 1.92. The lowest BCUT2D eigenvalue weighted by molar-refractivity contribution is -0.137. The Morgan fingerprint density at radius 2 is 2.05 bits per heavy atom. The number of nitrogens with one attached hydrogen (secondary N) is 2. The number of benzene rings is 1. The molecule has 2 rings (SSSR count). The number of amides is 1. The van der Waals surface area contributed by atoms with Gasteiger partial charge < -0.3 is 10.6 Å². The Kier molecular flexibility index (Phi) is 4.27. The predicted molar refractivity (Wildman–Crippen MR) is 64.3 cm³/mol. The Labute approximate surface area is 113 Å². The summed E-state index contributed by atoms with van der Waals surface area (Å²) in [5.41, 5.74) is -0.773. The van der Waals surface area contributed by atoms with Crippen molar-refractivity contribution in [2.75, 3.05) is 6.54 Å². The van der Waals surface area contributed by atoms with Gasteiger partial charge in [0.2, 0.25) is 5.91 Å². The van der Waals surface area contributed by atoms with E-state index in [0.717, 1.165) is 12.1 Å². The van der Waals surface area contributed by atoms with Crippen LogP contribution in [0.25, 0.3) is 0 Å². The van der Waals surface area contributed by atoms with E-state index < -0.39 is 17.6 Å². The van der Waals surface area contributed by atoms with E-state index in [1.54, 1.807) is 0 Å². The smallest absolute Gasteiger partial charge is 0.352 e. The quantitative estimate of drug-likeness (QED) is 0.835. The van der Waals surface area contributed by atoms with Crippen molar-refractivity contribution in [3.05, 3.63) is 35.1 Å². The van der Waals surface area contributed by atoms with Crippen LogP contribution >= 0.6 is 0 Å². The Bertz CT molecular complexity index is 502. The number of carbonyl (C=O) groups excluding carboxylic acids is 1. The van der Waals surface area contributed by atoms with Crippen molar-refractivity contribution in [2.24, 2.45) is 0 Å². The van der Waals surface area contributed by atoms with Crippen LogP contribution in [-0.4, -0.2) is 18.5 Å². The van der Waals surface area contributed by atoms with Gasteiger partial charge in [0.1, 0.15) is 5.82 Å². The van der Waals surface area contributed by atoms with Gasteiger partial charge in [-0.1, -0.05) is 0 Å². The zero-order chi connectivity index (χ0) is 14.8. The molecule has 20 heavy (non-hydrogen) atoms. The van der Waals surface area contributed by atoms with Crippen LogP contribution in [0.3, 0.4) is 0 Å². The molecule has 1 fully saturated rings. The zero-order valence-corrected chi connectivity index (χ0v) is 10.6. The normalized spacial score (nSPS) is 19.2. The molecule has 1 aliphatic heterocycles. The predicted octanol–water partition coefficient (Wildman–Crippen LogP) is 2.21. The average molecular weight is 290 g/mol. The van der Waals surface area contributed by atoms with Crippen molar-refractivity contribution in [2.45, 2.75) is 31.6 Å². The Morgan fingerprint density at radius 3 is 2.65 bits per heavy atom. The minimum absolute atomic E-state index is 0.0156. The minimum atomic E-state index is -4.56. The molecule has 1 aromatic carbocycles. The molecule has 1 unspecified atom stereocenters. The fourth-order valence-corrected chi connectivity index (χ4v) is 2.14. The van der Waals surface area contributed by atoms with E-state index in [1.807, 2.05) is 0 Å². The van der Waals surface area contributed by atoms with Crippen LogP contribution in [0.5, 0.6) is 0 Å². The molecule has 0 saturated carbocycles. The van der Waals surface area contributed by atoms with Crippen LogP contribution in [-0.2, 0) is 17.5 Å². The monoisotopic (exact) mass is 290 g/mol. The lowest BCUT2D eigenvalue weighted by atomic mass is 10.1. The second kappa shape index (κ2) is 5.78. The molecule has 7 heteroatoms. The lowest BCUT2D eigenvalue weighted by Crippen LogP contribution is -2.35. The van der Waals surface area contributed by atoms with Gasteiger partial charge in [-0.25, -0.2) is 4.39 Å². The Morgan fingerprint density at radius 1 is 1.30 bits per heavy atom. The largest absolute Gasteiger partial charge is 0.416 e. The van der Waals surface area contributed by atoms with Gasteiger partial charge in [0.25, 0.3) is 0 Å². The van der Waals surface area contributed by atoms with Gasteiger partial charge >= 0.3 is 6.18 Å². The number of alkyl halides is 3. The molecule has 0 bridgehead atoms. The number of hydrogen-bond donors (Lipinski definition) is 2. The standard InChI is InChI=1S/C13H14F4N2O/c14-10-4-8(3-9(5-10)13(15,16)17)6-18-7-11-1-2-12(20)19-11/h3-5,11,18H,1-2,6-7H2,(H,19,20). The minimum Gasteiger partial charge on any atom is -0.352 e. The molecule has 0 radical (unpaired) electrons. The van der Waals surface area contributed by atoms with Gasteiger partial charge in [0.05, 0.1) is 5.56 Å². The summed E-state index contributed by atoms with van der Waals surface area (Å²) in [7, 11) is 0. The van der Waals surface area contributed by atoms with E-state index in [4.69, 9.17) is 0 Å².